The van der Waals surface area contributed by atoms with Crippen LogP contribution in [0, 0.1) is 5.41 Å². The Kier molecular flexibility index (Phi) is 7.31. The quantitative estimate of drug-likeness (QED) is 0.744. The first kappa shape index (κ1) is 18.7. The van der Waals surface area contributed by atoms with Gasteiger partial charge in [0.15, 0.2) is 0 Å². The molecule has 0 aromatic rings. The first-order valence-electron chi connectivity index (χ1n) is 9.52. The van der Waals surface area contributed by atoms with Crippen LogP contribution in [-0.2, 0) is 4.79 Å². The topological polar surface area (TPSA) is 61.6 Å². The van der Waals surface area contributed by atoms with Gasteiger partial charge in [-0.25, -0.2) is 0 Å². The van der Waals surface area contributed by atoms with E-state index in [1.54, 1.807) is 0 Å². The van der Waals surface area contributed by atoms with E-state index in [0.29, 0.717) is 19.0 Å². The summed E-state index contributed by atoms with van der Waals surface area (Å²) in [5.41, 5.74) is 6.06. The maximum Gasteiger partial charge on any atom is 0.220 e. The highest BCUT2D eigenvalue weighted by Crippen LogP contribution is 2.38. The maximum atomic E-state index is 12.4. The molecule has 0 aromatic carbocycles. The van der Waals surface area contributed by atoms with E-state index in [4.69, 9.17) is 5.73 Å². The van der Waals surface area contributed by atoms with Crippen LogP contribution in [0.5, 0.6) is 0 Å². The Morgan fingerprint density at radius 3 is 2.39 bits per heavy atom. The second-order valence-electron chi connectivity index (χ2n) is 7.56. The summed E-state index contributed by atoms with van der Waals surface area (Å²) in [4.78, 5) is 17.3. The summed E-state index contributed by atoms with van der Waals surface area (Å²) in [6, 6.07) is 0.415. The summed E-state index contributed by atoms with van der Waals surface area (Å²) in [6.45, 7) is 11.5. The lowest BCUT2D eigenvalue weighted by molar-refractivity contribution is -0.124. The lowest BCUT2D eigenvalue weighted by Crippen LogP contribution is -2.52. The lowest BCUT2D eigenvalue weighted by atomic mass is 9.71. The molecular formula is C18H36N4O. The molecule has 23 heavy (non-hydrogen) atoms. The number of nitrogens with one attached hydrogen (secondary N) is 1. The van der Waals surface area contributed by atoms with Gasteiger partial charge in [-0.15, -0.1) is 0 Å². The van der Waals surface area contributed by atoms with Gasteiger partial charge < -0.3 is 16.0 Å². The van der Waals surface area contributed by atoms with E-state index < -0.39 is 0 Å². The summed E-state index contributed by atoms with van der Waals surface area (Å²) < 4.78 is 0. The number of piperazine rings is 1. The lowest BCUT2D eigenvalue weighted by Gasteiger charge is -2.38. The van der Waals surface area contributed by atoms with Gasteiger partial charge in [-0.3, -0.25) is 9.69 Å². The molecule has 5 heteroatoms. The van der Waals surface area contributed by atoms with Gasteiger partial charge in [0, 0.05) is 45.2 Å². The van der Waals surface area contributed by atoms with Crippen LogP contribution in [0.1, 0.15) is 52.4 Å². The normalized spacial score (nSPS) is 24.3. The third-order valence-electron chi connectivity index (χ3n) is 5.95. The van der Waals surface area contributed by atoms with E-state index in [1.165, 1.54) is 19.3 Å². The van der Waals surface area contributed by atoms with Crippen molar-refractivity contribution in [3.05, 3.63) is 0 Å². The minimum Gasteiger partial charge on any atom is -0.355 e. The molecule has 2 fully saturated rings. The molecule has 0 spiro atoms. The molecule has 3 N–H and O–H groups in total. The van der Waals surface area contributed by atoms with E-state index in [1.807, 2.05) is 0 Å². The second kappa shape index (κ2) is 9.00. The minimum absolute atomic E-state index is 0.0678. The third-order valence-corrected chi connectivity index (χ3v) is 5.95. The molecule has 0 radical (unpaired) electrons. The van der Waals surface area contributed by atoms with Crippen molar-refractivity contribution < 1.29 is 4.79 Å². The standard InChI is InChI=1S/C18H36N4O/c1-3-21-9-11-22(12-10-21)16(2)14-20-17(23)13-18(15-19)7-5-4-6-8-18/h16H,3-15,19H2,1-2H3,(H,20,23). The second-order valence-corrected chi connectivity index (χ2v) is 7.56. The van der Waals surface area contributed by atoms with Crippen LogP contribution in [0.3, 0.4) is 0 Å². The Morgan fingerprint density at radius 2 is 1.83 bits per heavy atom. The fourth-order valence-electron chi connectivity index (χ4n) is 4.07. The zero-order valence-electron chi connectivity index (χ0n) is 15.1. The Hall–Kier alpha value is -0.650. The van der Waals surface area contributed by atoms with E-state index in [-0.39, 0.29) is 11.3 Å². The predicted octanol–water partition coefficient (Wildman–Crippen LogP) is 1.43. The number of nitrogens with two attached hydrogens (primary N) is 1. The SMILES string of the molecule is CCN1CCN(C(C)CNC(=O)CC2(CN)CCCCC2)CC1. The van der Waals surface area contributed by atoms with Crippen molar-refractivity contribution in [3.63, 3.8) is 0 Å². The number of likely N-dealkylation sites (N-methyl/N-ethyl adjacent to an activating group) is 1. The van der Waals surface area contributed by atoms with E-state index in [9.17, 15) is 4.79 Å². The van der Waals surface area contributed by atoms with E-state index >= 15 is 0 Å². The van der Waals surface area contributed by atoms with Crippen molar-refractivity contribution in [2.24, 2.45) is 11.1 Å². The summed E-state index contributed by atoms with van der Waals surface area (Å²) >= 11 is 0. The number of carbonyl (C=O) groups excluding carboxylic acids is 1. The van der Waals surface area contributed by atoms with Crippen LogP contribution < -0.4 is 11.1 Å². The molecule has 1 aliphatic carbocycles. The highest BCUT2D eigenvalue weighted by atomic mass is 16.1. The van der Waals surface area contributed by atoms with Gasteiger partial charge >= 0.3 is 0 Å². The number of hydrogen-bond donors (Lipinski definition) is 2. The molecule has 2 rings (SSSR count). The fourth-order valence-corrected chi connectivity index (χ4v) is 4.07. The van der Waals surface area contributed by atoms with Gasteiger partial charge in [0.25, 0.3) is 0 Å². The van der Waals surface area contributed by atoms with Crippen molar-refractivity contribution >= 4 is 5.91 Å². The zero-order chi connectivity index (χ0) is 16.7. The number of rotatable bonds is 7. The van der Waals surface area contributed by atoms with Crippen LogP contribution in [-0.4, -0.2) is 67.6 Å². The Balaban J connectivity index is 1.71. The van der Waals surface area contributed by atoms with Crippen molar-refractivity contribution in [1.29, 1.82) is 0 Å². The van der Waals surface area contributed by atoms with Gasteiger partial charge in [0.05, 0.1) is 0 Å². The average molecular weight is 325 g/mol. The van der Waals surface area contributed by atoms with Crippen LogP contribution in [0.2, 0.25) is 0 Å². The number of hydrogen-bond acceptors (Lipinski definition) is 4. The average Bonchev–Trinajstić information content (AvgIpc) is 2.60. The van der Waals surface area contributed by atoms with Crippen molar-refractivity contribution in [3.8, 4) is 0 Å². The Bertz CT molecular complexity index is 360. The Morgan fingerprint density at radius 1 is 1.17 bits per heavy atom. The van der Waals surface area contributed by atoms with Crippen LogP contribution in [0.15, 0.2) is 0 Å². The highest BCUT2D eigenvalue weighted by molar-refractivity contribution is 5.76. The van der Waals surface area contributed by atoms with Gasteiger partial charge in [-0.1, -0.05) is 26.2 Å². The fraction of sp³-hybridized carbons (Fsp3) is 0.944. The molecule has 2 aliphatic rings. The zero-order valence-corrected chi connectivity index (χ0v) is 15.1. The molecule has 1 amide bonds. The number of nitrogens with zero attached hydrogens (tertiary/aromatic N) is 2. The van der Waals surface area contributed by atoms with E-state index in [0.717, 1.165) is 52.1 Å². The molecule has 134 valence electrons. The van der Waals surface area contributed by atoms with Gasteiger partial charge in [0.1, 0.15) is 0 Å². The van der Waals surface area contributed by atoms with Crippen LogP contribution in [0.25, 0.3) is 0 Å². The van der Waals surface area contributed by atoms with Crippen LogP contribution >= 0.6 is 0 Å². The first-order chi connectivity index (χ1) is 11.1. The number of carbonyl (C=O) groups is 1. The molecule has 1 saturated heterocycles. The molecule has 0 aromatic heterocycles. The number of amides is 1. The predicted molar refractivity (Wildman–Crippen MR) is 95.3 cm³/mol. The molecule has 1 saturated carbocycles. The third kappa shape index (κ3) is 5.44. The monoisotopic (exact) mass is 324 g/mol. The largest absolute Gasteiger partial charge is 0.355 e. The summed E-state index contributed by atoms with van der Waals surface area (Å²) in [6.07, 6.45) is 6.59. The molecule has 5 nitrogen and oxygen atoms in total. The molecule has 1 aliphatic heterocycles. The van der Waals surface area contributed by atoms with Crippen molar-refractivity contribution in [1.82, 2.24) is 15.1 Å². The van der Waals surface area contributed by atoms with Gasteiger partial charge in [0.2, 0.25) is 5.91 Å². The molecule has 0 bridgehead atoms. The van der Waals surface area contributed by atoms with E-state index in [2.05, 4.69) is 29.0 Å². The molecule has 1 heterocycles. The van der Waals surface area contributed by atoms with Gasteiger partial charge in [-0.2, -0.15) is 0 Å². The molecule has 1 atom stereocenters. The minimum atomic E-state index is 0.0678. The van der Waals surface area contributed by atoms with Crippen molar-refractivity contribution in [2.45, 2.75) is 58.4 Å². The smallest absolute Gasteiger partial charge is 0.220 e. The summed E-state index contributed by atoms with van der Waals surface area (Å²) in [5, 5.41) is 3.16. The molecular weight excluding hydrogens is 288 g/mol. The summed E-state index contributed by atoms with van der Waals surface area (Å²) in [7, 11) is 0. The van der Waals surface area contributed by atoms with Gasteiger partial charge in [-0.05, 0) is 38.3 Å². The van der Waals surface area contributed by atoms with Crippen molar-refractivity contribution in [2.75, 3.05) is 45.8 Å². The summed E-state index contributed by atoms with van der Waals surface area (Å²) in [5.74, 6) is 0.191. The first-order valence-corrected chi connectivity index (χ1v) is 9.52. The highest BCUT2D eigenvalue weighted by Gasteiger charge is 2.33. The van der Waals surface area contributed by atoms with Crippen LogP contribution in [0.4, 0.5) is 0 Å². The Labute approximate surface area is 142 Å². The molecule has 1 unspecified atom stereocenters. The maximum absolute atomic E-state index is 12.4.